The lowest BCUT2D eigenvalue weighted by molar-refractivity contribution is -0.385. The number of nitro benzene ring substituents is 1. The number of benzene rings is 2. The molecule has 0 saturated heterocycles. The van der Waals surface area contributed by atoms with Crippen molar-refractivity contribution in [2.75, 3.05) is 13.7 Å². The number of hydrogen-bond acceptors (Lipinski definition) is 4. The number of carbonyl (C=O) groups is 1. The van der Waals surface area contributed by atoms with Crippen LogP contribution in [-0.2, 0) is 11.3 Å². The van der Waals surface area contributed by atoms with Crippen molar-refractivity contribution in [3.05, 3.63) is 67.9 Å². The minimum absolute atomic E-state index is 0.240. The van der Waals surface area contributed by atoms with Crippen molar-refractivity contribution in [3.8, 4) is 5.75 Å². The normalized spacial score (nSPS) is 10.4. The number of ether oxygens (including phenoxy) is 1. The van der Waals surface area contributed by atoms with E-state index in [1.54, 1.807) is 18.2 Å². The molecule has 0 spiro atoms. The van der Waals surface area contributed by atoms with Gasteiger partial charge in [0.25, 0.3) is 5.91 Å². The van der Waals surface area contributed by atoms with E-state index in [1.807, 2.05) is 0 Å². The number of halogens is 3. The minimum atomic E-state index is -0.710. The smallest absolute Gasteiger partial charge is 0.311 e. The second kappa shape index (κ2) is 8.13. The summed E-state index contributed by atoms with van der Waals surface area (Å²) in [4.78, 5) is 23.7. The van der Waals surface area contributed by atoms with Gasteiger partial charge in [0.15, 0.2) is 6.61 Å². The van der Waals surface area contributed by atoms with Gasteiger partial charge in [0.2, 0.25) is 5.75 Å². The fraction of sp³-hybridized carbons (Fsp3) is 0.188. The zero-order chi connectivity index (χ0) is 18.6. The summed E-state index contributed by atoms with van der Waals surface area (Å²) in [6, 6.07) is 7.76. The quantitative estimate of drug-likeness (QED) is 0.553. The lowest BCUT2D eigenvalue weighted by atomic mass is 10.2. The van der Waals surface area contributed by atoms with Crippen LogP contribution in [0.4, 0.5) is 10.1 Å². The maximum atomic E-state index is 13.2. The van der Waals surface area contributed by atoms with Crippen LogP contribution in [0, 0.1) is 15.9 Å². The number of amides is 1. The van der Waals surface area contributed by atoms with Crippen LogP contribution in [-0.4, -0.2) is 29.4 Å². The molecule has 0 aromatic heterocycles. The first-order chi connectivity index (χ1) is 11.8. The largest absolute Gasteiger partial charge is 0.477 e. The minimum Gasteiger partial charge on any atom is -0.477 e. The predicted molar refractivity (Wildman–Crippen MR) is 91.5 cm³/mol. The molecule has 0 bridgehead atoms. The number of rotatable bonds is 6. The van der Waals surface area contributed by atoms with Crippen LogP contribution in [0.2, 0.25) is 10.0 Å². The molecule has 2 aromatic rings. The van der Waals surface area contributed by atoms with Gasteiger partial charge < -0.3 is 9.64 Å². The summed E-state index contributed by atoms with van der Waals surface area (Å²) in [6.45, 7) is -0.230. The van der Waals surface area contributed by atoms with Crippen molar-refractivity contribution in [3.63, 3.8) is 0 Å². The van der Waals surface area contributed by atoms with E-state index in [9.17, 15) is 19.3 Å². The van der Waals surface area contributed by atoms with Gasteiger partial charge in [-0.25, -0.2) is 4.39 Å². The molecule has 2 rings (SSSR count). The molecule has 6 nitrogen and oxygen atoms in total. The Bertz CT molecular complexity index is 817. The van der Waals surface area contributed by atoms with E-state index < -0.39 is 28.9 Å². The first-order valence-corrected chi connectivity index (χ1v) is 7.78. The molecule has 9 heteroatoms. The molecule has 0 radical (unpaired) electrons. The SMILES string of the molecule is CN(Cc1ccc(Cl)c(Cl)c1)C(=O)COc1cc(F)ccc1[N+](=O)[O-]. The van der Waals surface area contributed by atoms with Gasteiger partial charge >= 0.3 is 5.69 Å². The Morgan fingerprint density at radius 3 is 2.60 bits per heavy atom. The van der Waals surface area contributed by atoms with Crippen molar-refractivity contribution in [1.29, 1.82) is 0 Å². The fourth-order valence-electron chi connectivity index (χ4n) is 2.00. The van der Waals surface area contributed by atoms with Gasteiger partial charge in [0.1, 0.15) is 5.82 Å². The van der Waals surface area contributed by atoms with Crippen LogP contribution in [0.25, 0.3) is 0 Å². The Labute approximate surface area is 152 Å². The fourth-order valence-corrected chi connectivity index (χ4v) is 2.32. The zero-order valence-corrected chi connectivity index (χ0v) is 14.6. The monoisotopic (exact) mass is 386 g/mol. The van der Waals surface area contributed by atoms with Crippen molar-refractivity contribution < 1.29 is 18.8 Å². The molecule has 0 aliphatic heterocycles. The third kappa shape index (κ3) is 5.04. The summed E-state index contributed by atoms with van der Waals surface area (Å²) in [5.41, 5.74) is 0.336. The third-order valence-electron chi connectivity index (χ3n) is 3.30. The average Bonchev–Trinajstić information content (AvgIpc) is 2.55. The van der Waals surface area contributed by atoms with E-state index in [2.05, 4.69) is 0 Å². The highest BCUT2D eigenvalue weighted by Crippen LogP contribution is 2.27. The molecule has 0 unspecified atom stereocenters. The Hall–Kier alpha value is -2.38. The van der Waals surface area contributed by atoms with E-state index in [1.165, 1.54) is 11.9 Å². The van der Waals surface area contributed by atoms with Gasteiger partial charge in [-0.2, -0.15) is 0 Å². The van der Waals surface area contributed by atoms with E-state index in [-0.39, 0.29) is 12.3 Å². The maximum absolute atomic E-state index is 13.2. The van der Waals surface area contributed by atoms with Gasteiger partial charge in [-0.1, -0.05) is 29.3 Å². The van der Waals surface area contributed by atoms with Gasteiger partial charge in [0, 0.05) is 25.7 Å². The highest BCUT2D eigenvalue weighted by atomic mass is 35.5. The molecule has 0 aliphatic rings. The van der Waals surface area contributed by atoms with Crippen LogP contribution in [0.1, 0.15) is 5.56 Å². The molecule has 0 atom stereocenters. The second-order valence-electron chi connectivity index (χ2n) is 5.16. The Kier molecular flexibility index (Phi) is 6.17. The van der Waals surface area contributed by atoms with E-state index in [0.29, 0.717) is 10.0 Å². The molecule has 132 valence electrons. The summed E-state index contributed by atoms with van der Waals surface area (Å²) in [5, 5.41) is 11.7. The van der Waals surface area contributed by atoms with E-state index in [4.69, 9.17) is 27.9 Å². The van der Waals surface area contributed by atoms with Gasteiger partial charge in [-0.3, -0.25) is 14.9 Å². The average molecular weight is 387 g/mol. The first-order valence-electron chi connectivity index (χ1n) is 7.02. The number of hydrogen-bond donors (Lipinski definition) is 0. The number of nitro groups is 1. The van der Waals surface area contributed by atoms with Crippen LogP contribution in [0.3, 0.4) is 0 Å². The summed E-state index contributed by atoms with van der Waals surface area (Å²) in [6.07, 6.45) is 0. The maximum Gasteiger partial charge on any atom is 0.311 e. The first kappa shape index (κ1) is 19.0. The van der Waals surface area contributed by atoms with Crippen molar-refractivity contribution in [1.82, 2.24) is 4.90 Å². The van der Waals surface area contributed by atoms with Crippen LogP contribution in [0.5, 0.6) is 5.75 Å². The van der Waals surface area contributed by atoms with Crippen molar-refractivity contribution in [2.24, 2.45) is 0 Å². The molecule has 25 heavy (non-hydrogen) atoms. The molecular weight excluding hydrogens is 374 g/mol. The topological polar surface area (TPSA) is 72.7 Å². The Balaban J connectivity index is 2.01. The van der Waals surface area contributed by atoms with Crippen molar-refractivity contribution >= 4 is 34.8 Å². The predicted octanol–water partition coefficient (Wildman–Crippen LogP) is 4.08. The number of carbonyl (C=O) groups excluding carboxylic acids is 1. The van der Waals surface area contributed by atoms with E-state index >= 15 is 0 Å². The standard InChI is InChI=1S/C16H13Cl2FN2O4/c1-20(8-10-2-4-12(17)13(18)6-10)16(22)9-25-15-7-11(19)3-5-14(15)21(23)24/h2-7H,8-9H2,1H3. The number of likely N-dealkylation sites (N-methyl/N-ethyl adjacent to an activating group) is 1. The summed E-state index contributed by atoms with van der Waals surface area (Å²) in [5.74, 6) is -1.44. The second-order valence-corrected chi connectivity index (χ2v) is 5.97. The van der Waals surface area contributed by atoms with Gasteiger partial charge in [0.05, 0.1) is 15.0 Å². The molecule has 0 saturated carbocycles. The molecule has 2 aromatic carbocycles. The van der Waals surface area contributed by atoms with E-state index in [0.717, 1.165) is 23.8 Å². The lowest BCUT2D eigenvalue weighted by Crippen LogP contribution is -2.31. The molecule has 0 heterocycles. The highest BCUT2D eigenvalue weighted by Gasteiger charge is 2.18. The molecule has 1 amide bonds. The molecule has 0 aliphatic carbocycles. The Morgan fingerprint density at radius 1 is 1.24 bits per heavy atom. The van der Waals surface area contributed by atoms with Gasteiger partial charge in [-0.05, 0) is 23.8 Å². The summed E-state index contributed by atoms with van der Waals surface area (Å²) in [7, 11) is 1.54. The summed E-state index contributed by atoms with van der Waals surface area (Å²) >= 11 is 11.8. The summed E-state index contributed by atoms with van der Waals surface area (Å²) < 4.78 is 18.4. The van der Waals surface area contributed by atoms with Gasteiger partial charge in [-0.15, -0.1) is 0 Å². The highest BCUT2D eigenvalue weighted by molar-refractivity contribution is 6.42. The van der Waals surface area contributed by atoms with Crippen LogP contribution in [0.15, 0.2) is 36.4 Å². The van der Waals surface area contributed by atoms with Crippen LogP contribution < -0.4 is 4.74 Å². The molecular formula is C16H13Cl2FN2O4. The molecule has 0 fully saturated rings. The lowest BCUT2D eigenvalue weighted by Gasteiger charge is -2.18. The molecule has 0 N–H and O–H groups in total. The zero-order valence-electron chi connectivity index (χ0n) is 13.0. The van der Waals surface area contributed by atoms with Crippen LogP contribution >= 0.6 is 23.2 Å². The Morgan fingerprint density at radius 2 is 1.96 bits per heavy atom. The van der Waals surface area contributed by atoms with Crippen molar-refractivity contribution in [2.45, 2.75) is 6.54 Å². The number of nitrogens with zero attached hydrogens (tertiary/aromatic N) is 2. The third-order valence-corrected chi connectivity index (χ3v) is 4.04.